The molecule has 0 unspecified atom stereocenters. The molecule has 0 radical (unpaired) electrons. The van der Waals surface area contributed by atoms with E-state index in [4.69, 9.17) is 0 Å². The van der Waals surface area contributed by atoms with Gasteiger partial charge in [-0.2, -0.15) is 5.10 Å². The number of hydrogen-bond acceptors (Lipinski definition) is 3. The van der Waals surface area contributed by atoms with Crippen molar-refractivity contribution in [1.82, 2.24) is 19.7 Å². The van der Waals surface area contributed by atoms with E-state index in [0.717, 1.165) is 35.5 Å². The van der Waals surface area contributed by atoms with E-state index in [2.05, 4.69) is 33.8 Å². The van der Waals surface area contributed by atoms with E-state index in [-0.39, 0.29) is 0 Å². The molecule has 0 atom stereocenters. The highest BCUT2D eigenvalue weighted by Crippen LogP contribution is 2.23. The van der Waals surface area contributed by atoms with Crippen molar-refractivity contribution in [3.8, 4) is 22.5 Å². The molecule has 0 fully saturated rings. The first-order valence-corrected chi connectivity index (χ1v) is 6.88. The van der Waals surface area contributed by atoms with E-state index in [1.807, 2.05) is 35.2 Å². The van der Waals surface area contributed by atoms with Gasteiger partial charge >= 0.3 is 0 Å². The number of hydrogen-bond donors (Lipinski definition) is 0. The molecule has 104 valence electrons. The minimum Gasteiger partial charge on any atom is -0.272 e. The Labute approximate surface area is 123 Å². The summed E-state index contributed by atoms with van der Waals surface area (Å²) >= 11 is 0. The number of allylic oxidation sites excluding steroid dienone is 1. The van der Waals surface area contributed by atoms with Crippen LogP contribution in [0.25, 0.3) is 22.5 Å². The van der Waals surface area contributed by atoms with Crippen LogP contribution in [0.1, 0.15) is 6.42 Å². The Morgan fingerprint density at radius 2 is 1.95 bits per heavy atom. The van der Waals surface area contributed by atoms with E-state index in [1.54, 1.807) is 18.6 Å². The first-order valence-electron chi connectivity index (χ1n) is 6.88. The normalized spacial score (nSPS) is 10.5. The predicted octanol–water partition coefficient (Wildman–Crippen LogP) is 3.58. The van der Waals surface area contributed by atoms with Gasteiger partial charge in [0.05, 0.1) is 17.6 Å². The Hall–Kier alpha value is -2.75. The van der Waals surface area contributed by atoms with Crippen molar-refractivity contribution in [1.29, 1.82) is 0 Å². The van der Waals surface area contributed by atoms with Crippen LogP contribution in [0.4, 0.5) is 0 Å². The first-order chi connectivity index (χ1) is 10.4. The summed E-state index contributed by atoms with van der Waals surface area (Å²) in [4.78, 5) is 8.44. The van der Waals surface area contributed by atoms with Crippen molar-refractivity contribution in [2.75, 3.05) is 0 Å². The van der Waals surface area contributed by atoms with Gasteiger partial charge in [0.15, 0.2) is 0 Å². The number of aromatic nitrogens is 4. The molecule has 0 aliphatic heterocycles. The van der Waals surface area contributed by atoms with Crippen molar-refractivity contribution in [3.63, 3.8) is 0 Å². The van der Waals surface area contributed by atoms with Gasteiger partial charge in [0.2, 0.25) is 0 Å². The molecule has 2 aromatic heterocycles. The molecule has 0 aliphatic rings. The molecule has 0 amide bonds. The third kappa shape index (κ3) is 3.05. The summed E-state index contributed by atoms with van der Waals surface area (Å²) in [6.07, 6.45) is 9.95. The molecule has 4 nitrogen and oxygen atoms in total. The van der Waals surface area contributed by atoms with Gasteiger partial charge in [0.1, 0.15) is 0 Å². The SMILES string of the molecule is C=CCCn1ccc(-c2cccc(-c3cnccn3)c2)n1. The Balaban J connectivity index is 1.89. The number of nitrogens with zero attached hydrogens (tertiary/aromatic N) is 4. The number of benzene rings is 1. The molecule has 0 saturated carbocycles. The van der Waals surface area contributed by atoms with E-state index < -0.39 is 0 Å². The lowest BCUT2D eigenvalue weighted by atomic mass is 10.1. The Morgan fingerprint density at radius 1 is 1.10 bits per heavy atom. The lowest BCUT2D eigenvalue weighted by molar-refractivity contribution is 0.626. The van der Waals surface area contributed by atoms with Gasteiger partial charge in [0.25, 0.3) is 0 Å². The Morgan fingerprint density at radius 3 is 2.71 bits per heavy atom. The van der Waals surface area contributed by atoms with Crippen LogP contribution in [0.2, 0.25) is 0 Å². The molecular weight excluding hydrogens is 260 g/mol. The number of aryl methyl sites for hydroxylation is 1. The van der Waals surface area contributed by atoms with Crippen molar-refractivity contribution in [2.24, 2.45) is 0 Å². The molecule has 0 saturated heterocycles. The van der Waals surface area contributed by atoms with Crippen molar-refractivity contribution >= 4 is 0 Å². The minimum absolute atomic E-state index is 0.855. The molecule has 1 aromatic carbocycles. The molecule has 0 N–H and O–H groups in total. The van der Waals surface area contributed by atoms with Gasteiger partial charge in [-0.15, -0.1) is 6.58 Å². The predicted molar refractivity (Wildman–Crippen MR) is 83.5 cm³/mol. The fourth-order valence-corrected chi connectivity index (χ4v) is 2.15. The quantitative estimate of drug-likeness (QED) is 0.669. The molecular formula is C17H16N4. The molecule has 0 aliphatic carbocycles. The van der Waals surface area contributed by atoms with Crippen molar-refractivity contribution < 1.29 is 0 Å². The van der Waals surface area contributed by atoms with Crippen LogP contribution in [0.3, 0.4) is 0 Å². The lowest BCUT2D eigenvalue weighted by Crippen LogP contribution is -1.97. The van der Waals surface area contributed by atoms with Gasteiger partial charge in [-0.1, -0.05) is 24.3 Å². The van der Waals surface area contributed by atoms with Crippen LogP contribution in [0.15, 0.2) is 67.8 Å². The lowest BCUT2D eigenvalue weighted by Gasteiger charge is -2.03. The molecule has 0 spiro atoms. The molecule has 2 heterocycles. The summed E-state index contributed by atoms with van der Waals surface area (Å²) in [7, 11) is 0. The zero-order chi connectivity index (χ0) is 14.5. The highest BCUT2D eigenvalue weighted by atomic mass is 15.3. The third-order valence-corrected chi connectivity index (χ3v) is 3.22. The summed E-state index contributed by atoms with van der Waals surface area (Å²) in [6.45, 7) is 4.59. The second-order valence-corrected chi connectivity index (χ2v) is 4.71. The topological polar surface area (TPSA) is 43.6 Å². The van der Waals surface area contributed by atoms with Gasteiger partial charge in [0, 0.05) is 36.3 Å². The fraction of sp³-hybridized carbons (Fsp3) is 0.118. The smallest absolute Gasteiger partial charge is 0.0923 e. The second-order valence-electron chi connectivity index (χ2n) is 4.71. The van der Waals surface area contributed by atoms with Gasteiger partial charge in [-0.25, -0.2) is 0 Å². The number of rotatable bonds is 5. The highest BCUT2D eigenvalue weighted by molar-refractivity contribution is 5.68. The standard InChI is InChI=1S/C17H16N4/c1-2-3-10-21-11-7-16(20-21)14-5-4-6-15(12-14)17-13-18-8-9-19-17/h2,4-9,11-13H,1,3,10H2. The zero-order valence-electron chi connectivity index (χ0n) is 11.7. The van der Waals surface area contributed by atoms with Crippen LogP contribution in [-0.4, -0.2) is 19.7 Å². The van der Waals surface area contributed by atoms with Crippen molar-refractivity contribution in [3.05, 3.63) is 67.8 Å². The molecule has 0 bridgehead atoms. The molecule has 3 aromatic rings. The summed E-state index contributed by atoms with van der Waals surface area (Å²) in [5.74, 6) is 0. The maximum absolute atomic E-state index is 4.59. The summed E-state index contributed by atoms with van der Waals surface area (Å²) in [5, 5.41) is 4.59. The molecule has 21 heavy (non-hydrogen) atoms. The maximum atomic E-state index is 4.59. The van der Waals surface area contributed by atoms with Crippen LogP contribution < -0.4 is 0 Å². The zero-order valence-corrected chi connectivity index (χ0v) is 11.7. The summed E-state index contributed by atoms with van der Waals surface area (Å²) in [6, 6.07) is 10.2. The van der Waals surface area contributed by atoms with Gasteiger partial charge < -0.3 is 0 Å². The van der Waals surface area contributed by atoms with Gasteiger partial charge in [-0.05, 0) is 18.6 Å². The largest absolute Gasteiger partial charge is 0.272 e. The van der Waals surface area contributed by atoms with E-state index in [1.165, 1.54) is 0 Å². The van der Waals surface area contributed by atoms with E-state index >= 15 is 0 Å². The molecule has 4 heteroatoms. The third-order valence-electron chi connectivity index (χ3n) is 3.22. The molecule has 3 rings (SSSR count). The first kappa shape index (κ1) is 13.2. The van der Waals surface area contributed by atoms with Crippen LogP contribution in [-0.2, 0) is 6.54 Å². The maximum Gasteiger partial charge on any atom is 0.0923 e. The minimum atomic E-state index is 0.855. The van der Waals surface area contributed by atoms with Gasteiger partial charge in [-0.3, -0.25) is 14.6 Å². The average molecular weight is 276 g/mol. The highest BCUT2D eigenvalue weighted by Gasteiger charge is 2.05. The van der Waals surface area contributed by atoms with E-state index in [0.29, 0.717) is 0 Å². The van der Waals surface area contributed by atoms with Crippen LogP contribution in [0, 0.1) is 0 Å². The Kier molecular flexibility index (Phi) is 3.87. The fourth-order valence-electron chi connectivity index (χ4n) is 2.15. The van der Waals surface area contributed by atoms with E-state index in [9.17, 15) is 0 Å². The Bertz CT molecular complexity index is 731. The van der Waals surface area contributed by atoms with Crippen LogP contribution in [0.5, 0.6) is 0 Å². The summed E-state index contributed by atoms with van der Waals surface area (Å²) in [5.41, 5.74) is 3.95. The monoisotopic (exact) mass is 276 g/mol. The van der Waals surface area contributed by atoms with Crippen LogP contribution >= 0.6 is 0 Å². The summed E-state index contributed by atoms with van der Waals surface area (Å²) < 4.78 is 1.94. The van der Waals surface area contributed by atoms with Crippen molar-refractivity contribution in [2.45, 2.75) is 13.0 Å². The average Bonchev–Trinajstić information content (AvgIpc) is 3.03. The second kappa shape index (κ2) is 6.13.